The Balaban J connectivity index is 1.88. The van der Waals surface area contributed by atoms with Gasteiger partial charge in [-0.25, -0.2) is 0 Å². The third-order valence-electron chi connectivity index (χ3n) is 3.35. The monoisotopic (exact) mass is 246 g/mol. The smallest absolute Gasteiger partial charge is 0.220 e. The number of Topliss-reactive ketones (excluding diaryl/α,β-unsaturated/α-hetero) is 1. The molecule has 1 unspecified atom stereocenters. The fourth-order valence-corrected chi connectivity index (χ4v) is 2.03. The molecule has 0 spiro atoms. The molecule has 4 heteroatoms. The number of ketones is 1. The van der Waals surface area contributed by atoms with E-state index in [4.69, 9.17) is 0 Å². The Kier molecular flexibility index (Phi) is 3.77. The molecule has 0 aromatic heterocycles. The zero-order chi connectivity index (χ0) is 13.0. The molecule has 2 N–H and O–H groups in total. The summed E-state index contributed by atoms with van der Waals surface area (Å²) in [7, 11) is 0. The van der Waals surface area contributed by atoms with E-state index < -0.39 is 0 Å². The molecule has 1 aromatic carbocycles. The van der Waals surface area contributed by atoms with E-state index in [1.807, 2.05) is 37.3 Å². The number of hydrogen-bond acceptors (Lipinski definition) is 3. The van der Waals surface area contributed by atoms with Crippen LogP contribution in [0.4, 0.5) is 0 Å². The molecule has 18 heavy (non-hydrogen) atoms. The van der Waals surface area contributed by atoms with Gasteiger partial charge in [-0.05, 0) is 13.3 Å². The molecule has 1 heterocycles. The first-order chi connectivity index (χ1) is 8.59. The molecule has 1 aliphatic heterocycles. The van der Waals surface area contributed by atoms with Crippen molar-refractivity contribution in [3.8, 4) is 0 Å². The number of amides is 1. The van der Waals surface area contributed by atoms with Crippen molar-refractivity contribution in [2.75, 3.05) is 13.1 Å². The second-order valence-corrected chi connectivity index (χ2v) is 4.98. The fraction of sp³-hybridized carbons (Fsp3) is 0.429. The summed E-state index contributed by atoms with van der Waals surface area (Å²) in [6.07, 6.45) is 1.28. The summed E-state index contributed by atoms with van der Waals surface area (Å²) in [5, 5.41) is 6.08. The van der Waals surface area contributed by atoms with Crippen LogP contribution in [0.5, 0.6) is 0 Å². The first-order valence-electron chi connectivity index (χ1n) is 6.19. The van der Waals surface area contributed by atoms with Gasteiger partial charge in [-0.3, -0.25) is 9.59 Å². The van der Waals surface area contributed by atoms with Crippen LogP contribution in [0.15, 0.2) is 30.3 Å². The highest BCUT2D eigenvalue weighted by Crippen LogP contribution is 2.15. The molecular weight excluding hydrogens is 228 g/mol. The van der Waals surface area contributed by atoms with Crippen LogP contribution in [0.3, 0.4) is 0 Å². The van der Waals surface area contributed by atoms with E-state index in [-0.39, 0.29) is 17.2 Å². The predicted molar refractivity (Wildman–Crippen MR) is 69.4 cm³/mol. The molecule has 96 valence electrons. The van der Waals surface area contributed by atoms with Crippen LogP contribution < -0.4 is 10.6 Å². The Morgan fingerprint density at radius 3 is 2.72 bits per heavy atom. The zero-order valence-corrected chi connectivity index (χ0v) is 10.5. The van der Waals surface area contributed by atoms with E-state index in [1.54, 1.807) is 0 Å². The van der Waals surface area contributed by atoms with Gasteiger partial charge in [0.05, 0.1) is 6.54 Å². The maximum Gasteiger partial charge on any atom is 0.220 e. The van der Waals surface area contributed by atoms with E-state index in [1.165, 1.54) is 0 Å². The van der Waals surface area contributed by atoms with Gasteiger partial charge < -0.3 is 10.6 Å². The quantitative estimate of drug-likeness (QED) is 0.783. The second-order valence-electron chi connectivity index (χ2n) is 4.98. The van der Waals surface area contributed by atoms with Gasteiger partial charge in [0.25, 0.3) is 0 Å². The van der Waals surface area contributed by atoms with Crippen molar-refractivity contribution in [3.63, 3.8) is 0 Å². The first-order valence-corrected chi connectivity index (χ1v) is 6.19. The fourth-order valence-electron chi connectivity index (χ4n) is 2.03. The largest absolute Gasteiger partial charge is 0.354 e. The Labute approximate surface area is 107 Å². The van der Waals surface area contributed by atoms with E-state index in [2.05, 4.69) is 10.6 Å². The van der Waals surface area contributed by atoms with Crippen LogP contribution in [0.2, 0.25) is 0 Å². The topological polar surface area (TPSA) is 58.2 Å². The lowest BCUT2D eigenvalue weighted by Gasteiger charge is -2.34. The number of carbonyl (C=O) groups is 2. The van der Waals surface area contributed by atoms with Gasteiger partial charge in [-0.15, -0.1) is 0 Å². The molecule has 1 fully saturated rings. The number of piperidine rings is 1. The predicted octanol–water partition coefficient (Wildman–Crippen LogP) is 1.13. The van der Waals surface area contributed by atoms with Crippen LogP contribution in [-0.4, -0.2) is 30.3 Å². The number of hydrogen-bond donors (Lipinski definition) is 2. The minimum Gasteiger partial charge on any atom is -0.354 e. The normalized spacial score (nSPS) is 23.5. The molecule has 1 aromatic rings. The molecule has 2 rings (SSSR count). The van der Waals surface area contributed by atoms with E-state index in [0.29, 0.717) is 25.1 Å². The standard InChI is InChI=1S/C14H18N2O2/c1-14(8-7-13(18)15-10-14)16-9-12(17)11-5-3-2-4-6-11/h2-6,16H,7-10H2,1H3,(H,15,18). The summed E-state index contributed by atoms with van der Waals surface area (Å²) in [6, 6.07) is 9.23. The Morgan fingerprint density at radius 1 is 1.39 bits per heavy atom. The highest BCUT2D eigenvalue weighted by molar-refractivity contribution is 5.97. The summed E-state index contributed by atoms with van der Waals surface area (Å²) in [5.74, 6) is 0.164. The third kappa shape index (κ3) is 3.17. The van der Waals surface area contributed by atoms with Crippen molar-refractivity contribution in [1.82, 2.24) is 10.6 Å². The lowest BCUT2D eigenvalue weighted by molar-refractivity contribution is -0.123. The van der Waals surface area contributed by atoms with Crippen LogP contribution in [0.25, 0.3) is 0 Å². The molecule has 4 nitrogen and oxygen atoms in total. The minimum atomic E-state index is -0.182. The Morgan fingerprint density at radius 2 is 2.11 bits per heavy atom. The van der Waals surface area contributed by atoms with Crippen molar-refractivity contribution >= 4 is 11.7 Å². The molecular formula is C14H18N2O2. The van der Waals surface area contributed by atoms with Crippen molar-refractivity contribution in [2.45, 2.75) is 25.3 Å². The van der Waals surface area contributed by atoms with E-state index in [9.17, 15) is 9.59 Å². The average molecular weight is 246 g/mol. The zero-order valence-electron chi connectivity index (χ0n) is 10.5. The van der Waals surface area contributed by atoms with Gasteiger partial charge >= 0.3 is 0 Å². The van der Waals surface area contributed by atoms with Gasteiger partial charge in [0.15, 0.2) is 5.78 Å². The third-order valence-corrected chi connectivity index (χ3v) is 3.35. The summed E-state index contributed by atoms with van der Waals surface area (Å²) < 4.78 is 0. The number of carbonyl (C=O) groups excluding carboxylic acids is 2. The lowest BCUT2D eigenvalue weighted by atomic mass is 9.92. The van der Waals surface area contributed by atoms with Crippen LogP contribution in [-0.2, 0) is 4.79 Å². The van der Waals surface area contributed by atoms with Crippen molar-refractivity contribution < 1.29 is 9.59 Å². The molecule has 0 radical (unpaired) electrons. The van der Waals surface area contributed by atoms with E-state index in [0.717, 1.165) is 6.42 Å². The van der Waals surface area contributed by atoms with Crippen molar-refractivity contribution in [1.29, 1.82) is 0 Å². The first kappa shape index (κ1) is 12.8. The van der Waals surface area contributed by atoms with Crippen LogP contribution >= 0.6 is 0 Å². The molecule has 0 aliphatic carbocycles. The number of benzene rings is 1. The highest BCUT2D eigenvalue weighted by atomic mass is 16.1. The summed E-state index contributed by atoms with van der Waals surface area (Å²) in [6.45, 7) is 2.91. The van der Waals surface area contributed by atoms with Crippen LogP contribution in [0.1, 0.15) is 30.1 Å². The molecule has 0 bridgehead atoms. The molecule has 1 atom stereocenters. The van der Waals surface area contributed by atoms with Crippen molar-refractivity contribution in [3.05, 3.63) is 35.9 Å². The Bertz CT molecular complexity index is 432. The van der Waals surface area contributed by atoms with Gasteiger partial charge in [-0.2, -0.15) is 0 Å². The average Bonchev–Trinajstić information content (AvgIpc) is 2.41. The van der Waals surface area contributed by atoms with Gasteiger partial charge in [0, 0.05) is 24.1 Å². The number of rotatable bonds is 4. The molecule has 1 aliphatic rings. The molecule has 1 saturated heterocycles. The van der Waals surface area contributed by atoms with Gasteiger partial charge in [0.1, 0.15) is 0 Å². The van der Waals surface area contributed by atoms with Gasteiger partial charge in [0.2, 0.25) is 5.91 Å². The van der Waals surface area contributed by atoms with Gasteiger partial charge in [-0.1, -0.05) is 30.3 Å². The second kappa shape index (κ2) is 5.31. The lowest BCUT2D eigenvalue weighted by Crippen LogP contribution is -2.56. The van der Waals surface area contributed by atoms with Crippen LogP contribution in [0, 0.1) is 0 Å². The summed E-state index contributed by atoms with van der Waals surface area (Å²) >= 11 is 0. The Hall–Kier alpha value is -1.68. The van der Waals surface area contributed by atoms with E-state index >= 15 is 0 Å². The highest BCUT2D eigenvalue weighted by Gasteiger charge is 2.29. The maximum atomic E-state index is 11.9. The minimum absolute atomic E-state index is 0.0775. The SMILES string of the molecule is CC1(NCC(=O)c2ccccc2)CCC(=O)NC1. The number of nitrogens with one attached hydrogen (secondary N) is 2. The summed E-state index contributed by atoms with van der Waals surface area (Å²) in [5.41, 5.74) is 0.534. The molecule has 1 amide bonds. The van der Waals surface area contributed by atoms with Crippen molar-refractivity contribution in [2.24, 2.45) is 0 Å². The molecule has 0 saturated carbocycles. The maximum absolute atomic E-state index is 11.9. The summed E-state index contributed by atoms with van der Waals surface area (Å²) in [4.78, 5) is 23.0.